The molecule has 0 aromatic heterocycles. The van der Waals surface area contributed by atoms with Crippen LogP contribution in [0.5, 0.6) is 0 Å². The second kappa shape index (κ2) is 7.28. The third-order valence-electron chi connectivity index (χ3n) is 4.03. The Hall–Kier alpha value is -1.79. The third-order valence-corrected chi connectivity index (χ3v) is 4.03. The highest BCUT2D eigenvalue weighted by atomic mass is 16.2. The summed E-state index contributed by atoms with van der Waals surface area (Å²) in [6.45, 7) is 4.33. The van der Waals surface area contributed by atoms with Gasteiger partial charge in [0, 0.05) is 29.6 Å². The van der Waals surface area contributed by atoms with Crippen LogP contribution in [0, 0.1) is 11.8 Å². The van der Waals surface area contributed by atoms with Gasteiger partial charge in [-0.15, -0.1) is 0 Å². The highest BCUT2D eigenvalue weighted by Gasteiger charge is 2.29. The van der Waals surface area contributed by atoms with Crippen molar-refractivity contribution in [2.75, 3.05) is 6.61 Å². The molecule has 21 heavy (non-hydrogen) atoms. The monoisotopic (exact) mass is 285 g/mol. The van der Waals surface area contributed by atoms with Gasteiger partial charge in [-0.3, -0.25) is 4.79 Å². The third kappa shape index (κ3) is 3.86. The summed E-state index contributed by atoms with van der Waals surface area (Å²) in [6, 6.07) is 8.06. The molecule has 0 bridgehead atoms. The van der Waals surface area contributed by atoms with Gasteiger partial charge in [-0.2, -0.15) is 0 Å². The van der Waals surface area contributed by atoms with E-state index < -0.39 is 0 Å². The highest BCUT2D eigenvalue weighted by Crippen LogP contribution is 2.24. The van der Waals surface area contributed by atoms with Crippen LogP contribution in [0.3, 0.4) is 0 Å². The van der Waals surface area contributed by atoms with Crippen molar-refractivity contribution in [3.8, 4) is 11.8 Å². The molecule has 1 amide bonds. The van der Waals surface area contributed by atoms with Gasteiger partial charge in [0.15, 0.2) is 0 Å². The van der Waals surface area contributed by atoms with E-state index in [0.717, 1.165) is 24.0 Å². The number of aliphatic hydroxyl groups excluding tert-OH is 1. The van der Waals surface area contributed by atoms with Gasteiger partial charge < -0.3 is 10.0 Å². The minimum absolute atomic E-state index is 0.0777. The lowest BCUT2D eigenvalue weighted by atomic mass is 9.96. The van der Waals surface area contributed by atoms with E-state index >= 15 is 0 Å². The topological polar surface area (TPSA) is 40.5 Å². The van der Waals surface area contributed by atoms with Crippen molar-refractivity contribution in [2.24, 2.45) is 0 Å². The summed E-state index contributed by atoms with van der Waals surface area (Å²) in [7, 11) is 0. The Kier molecular flexibility index (Phi) is 5.41. The second-order valence-electron chi connectivity index (χ2n) is 5.69. The Labute approximate surface area is 127 Å². The molecule has 1 aromatic rings. The van der Waals surface area contributed by atoms with E-state index in [1.165, 1.54) is 6.42 Å². The lowest BCUT2D eigenvalue weighted by Gasteiger charge is -2.39. The van der Waals surface area contributed by atoms with Crippen LogP contribution in [-0.4, -0.2) is 34.6 Å². The van der Waals surface area contributed by atoms with Crippen LogP contribution >= 0.6 is 0 Å². The summed E-state index contributed by atoms with van der Waals surface area (Å²) < 4.78 is 0. The highest BCUT2D eigenvalue weighted by molar-refractivity contribution is 5.94. The van der Waals surface area contributed by atoms with E-state index in [9.17, 15) is 4.79 Å². The number of carbonyl (C=O) groups is 1. The predicted molar refractivity (Wildman–Crippen MR) is 84.0 cm³/mol. The van der Waals surface area contributed by atoms with Gasteiger partial charge >= 0.3 is 0 Å². The van der Waals surface area contributed by atoms with E-state index in [-0.39, 0.29) is 12.5 Å². The molecule has 0 spiro atoms. The van der Waals surface area contributed by atoms with Crippen molar-refractivity contribution in [2.45, 2.75) is 51.6 Å². The lowest BCUT2D eigenvalue weighted by Crippen LogP contribution is -2.47. The Morgan fingerprint density at radius 3 is 2.43 bits per heavy atom. The molecule has 1 N–H and O–H groups in total. The van der Waals surface area contributed by atoms with E-state index in [1.54, 1.807) is 0 Å². The molecule has 3 nitrogen and oxygen atoms in total. The molecule has 112 valence electrons. The number of piperidine rings is 1. The summed E-state index contributed by atoms with van der Waals surface area (Å²) in [4.78, 5) is 14.7. The average Bonchev–Trinajstić information content (AvgIpc) is 2.48. The Morgan fingerprint density at radius 1 is 1.24 bits per heavy atom. The largest absolute Gasteiger partial charge is 0.395 e. The quantitative estimate of drug-likeness (QED) is 0.849. The van der Waals surface area contributed by atoms with Crippen LogP contribution in [-0.2, 0) is 0 Å². The van der Waals surface area contributed by atoms with Gasteiger partial charge in [0.25, 0.3) is 5.91 Å². The van der Waals surface area contributed by atoms with Crippen molar-refractivity contribution >= 4 is 5.91 Å². The fourth-order valence-corrected chi connectivity index (χ4v) is 2.89. The first-order chi connectivity index (χ1) is 10.1. The molecule has 1 aromatic carbocycles. The first kappa shape index (κ1) is 15.6. The molecule has 1 fully saturated rings. The normalized spacial score (nSPS) is 21.6. The van der Waals surface area contributed by atoms with E-state index in [2.05, 4.69) is 25.7 Å². The fraction of sp³-hybridized carbons (Fsp3) is 0.500. The second-order valence-corrected chi connectivity index (χ2v) is 5.69. The molecule has 2 unspecified atom stereocenters. The molecule has 2 rings (SSSR count). The van der Waals surface area contributed by atoms with Gasteiger partial charge in [-0.25, -0.2) is 0 Å². The summed E-state index contributed by atoms with van der Waals surface area (Å²) in [6.07, 6.45) is 3.84. The number of hydrogen-bond donors (Lipinski definition) is 1. The van der Waals surface area contributed by atoms with Gasteiger partial charge in [-0.05, 0) is 57.4 Å². The number of nitrogens with zero attached hydrogens (tertiary/aromatic N) is 1. The zero-order chi connectivity index (χ0) is 15.2. The fourth-order valence-electron chi connectivity index (χ4n) is 2.89. The summed E-state index contributed by atoms with van der Waals surface area (Å²) in [5.74, 6) is 5.97. The number of carbonyl (C=O) groups excluding carboxylic acids is 1. The minimum Gasteiger partial charge on any atom is -0.395 e. The Morgan fingerprint density at radius 2 is 1.86 bits per heavy atom. The number of hydrogen-bond acceptors (Lipinski definition) is 2. The smallest absolute Gasteiger partial charge is 0.254 e. The SMILES string of the molecule is CC1CCCC(C)N1C(=O)c1ccc(C#CCCO)cc1. The molecule has 1 aliphatic heterocycles. The molecule has 0 radical (unpaired) electrons. The minimum atomic E-state index is 0.0777. The zero-order valence-electron chi connectivity index (χ0n) is 12.8. The molecular formula is C18H23NO2. The van der Waals surface area contributed by atoms with Crippen LogP contribution in [0.2, 0.25) is 0 Å². The lowest BCUT2D eigenvalue weighted by molar-refractivity contribution is 0.0511. The van der Waals surface area contributed by atoms with E-state index in [0.29, 0.717) is 18.5 Å². The van der Waals surface area contributed by atoms with Crippen LogP contribution in [0.25, 0.3) is 0 Å². The average molecular weight is 285 g/mol. The Balaban J connectivity index is 2.11. The number of likely N-dealkylation sites (tertiary alicyclic amines) is 1. The van der Waals surface area contributed by atoms with Crippen molar-refractivity contribution in [3.05, 3.63) is 35.4 Å². The van der Waals surface area contributed by atoms with Crippen LogP contribution in [0.4, 0.5) is 0 Å². The summed E-state index contributed by atoms with van der Waals surface area (Å²) >= 11 is 0. The number of rotatable bonds is 2. The van der Waals surface area contributed by atoms with E-state index in [4.69, 9.17) is 5.11 Å². The molecule has 1 saturated heterocycles. The molecule has 3 heteroatoms. The van der Waals surface area contributed by atoms with Crippen molar-refractivity contribution in [1.29, 1.82) is 0 Å². The first-order valence-electron chi connectivity index (χ1n) is 7.66. The van der Waals surface area contributed by atoms with Crippen molar-refractivity contribution < 1.29 is 9.90 Å². The van der Waals surface area contributed by atoms with E-state index in [1.807, 2.05) is 29.2 Å². The number of amides is 1. The maximum atomic E-state index is 12.6. The maximum absolute atomic E-state index is 12.6. The number of benzene rings is 1. The van der Waals surface area contributed by atoms with Crippen LogP contribution in [0.15, 0.2) is 24.3 Å². The molecule has 1 heterocycles. The molecule has 1 aliphatic rings. The molecule has 0 saturated carbocycles. The maximum Gasteiger partial charge on any atom is 0.254 e. The van der Waals surface area contributed by atoms with Gasteiger partial charge in [0.2, 0.25) is 0 Å². The molecule has 2 atom stereocenters. The summed E-state index contributed by atoms with van der Waals surface area (Å²) in [5.41, 5.74) is 1.60. The Bertz CT molecular complexity index is 529. The standard InChI is InChI=1S/C18H23NO2/c1-14-6-5-7-15(2)19(14)18(21)17-11-9-16(10-12-17)8-3-4-13-20/h9-12,14-15,20H,4-7,13H2,1-2H3. The van der Waals surface area contributed by atoms with Crippen LogP contribution in [0.1, 0.15) is 55.5 Å². The number of aliphatic hydroxyl groups is 1. The first-order valence-corrected chi connectivity index (χ1v) is 7.66. The van der Waals surface area contributed by atoms with Crippen molar-refractivity contribution in [3.63, 3.8) is 0 Å². The van der Waals surface area contributed by atoms with Gasteiger partial charge in [0.1, 0.15) is 0 Å². The van der Waals surface area contributed by atoms with Gasteiger partial charge in [0.05, 0.1) is 6.61 Å². The van der Waals surface area contributed by atoms with Crippen LogP contribution < -0.4 is 0 Å². The zero-order valence-corrected chi connectivity index (χ0v) is 12.8. The van der Waals surface area contributed by atoms with Crippen molar-refractivity contribution in [1.82, 2.24) is 4.90 Å². The molecular weight excluding hydrogens is 262 g/mol. The predicted octanol–water partition coefficient (Wildman–Crippen LogP) is 2.82. The molecule has 0 aliphatic carbocycles. The summed E-state index contributed by atoms with van der Waals surface area (Å²) in [5, 5.41) is 8.70. The van der Waals surface area contributed by atoms with Gasteiger partial charge in [-0.1, -0.05) is 11.8 Å².